The summed E-state index contributed by atoms with van der Waals surface area (Å²) in [6, 6.07) is -0.690. The lowest BCUT2D eigenvalue weighted by molar-refractivity contribution is -0.151. The molecule has 3 N–H and O–H groups in total. The van der Waals surface area contributed by atoms with Gasteiger partial charge in [0.25, 0.3) is 0 Å². The molecule has 0 aliphatic heterocycles. The van der Waals surface area contributed by atoms with Crippen LogP contribution in [0.15, 0.2) is 0 Å². The van der Waals surface area contributed by atoms with Gasteiger partial charge in [0.1, 0.15) is 6.10 Å². The van der Waals surface area contributed by atoms with Crippen LogP contribution in [-0.4, -0.2) is 46.9 Å². The first-order chi connectivity index (χ1) is 28.0. The number of aliphatic hydroxyl groups is 2. The molecule has 0 aliphatic carbocycles. The summed E-state index contributed by atoms with van der Waals surface area (Å²) in [6.45, 7) is 6.49. The Morgan fingerprint density at radius 1 is 0.439 bits per heavy atom. The van der Waals surface area contributed by atoms with Crippen molar-refractivity contribution in [3.8, 4) is 0 Å². The zero-order chi connectivity index (χ0) is 41.7. The monoisotopic (exact) mass is 808 g/mol. The van der Waals surface area contributed by atoms with E-state index in [0.29, 0.717) is 19.3 Å². The van der Waals surface area contributed by atoms with Crippen molar-refractivity contribution in [2.45, 2.75) is 309 Å². The van der Waals surface area contributed by atoms with E-state index in [1.165, 1.54) is 205 Å². The maximum absolute atomic E-state index is 13.1. The van der Waals surface area contributed by atoms with Gasteiger partial charge in [-0.15, -0.1) is 0 Å². The highest BCUT2D eigenvalue weighted by atomic mass is 16.5. The second-order valence-electron chi connectivity index (χ2n) is 17.9. The third kappa shape index (κ3) is 41.4. The van der Waals surface area contributed by atoms with Crippen molar-refractivity contribution in [3.63, 3.8) is 0 Å². The van der Waals surface area contributed by atoms with E-state index in [-0.39, 0.29) is 24.9 Å². The molecule has 0 radical (unpaired) electrons. The van der Waals surface area contributed by atoms with E-state index in [0.717, 1.165) is 38.5 Å². The summed E-state index contributed by atoms with van der Waals surface area (Å²) in [5, 5.41) is 23.7. The number of ether oxygens (including phenoxy) is 1. The van der Waals surface area contributed by atoms with Gasteiger partial charge in [0.15, 0.2) is 0 Å². The van der Waals surface area contributed by atoms with Crippen LogP contribution in [-0.2, 0) is 14.3 Å². The Kier molecular flexibility index (Phi) is 45.0. The quantitative estimate of drug-likeness (QED) is 0.0420. The number of nitrogens with one attached hydrogen (secondary N) is 1. The Balaban J connectivity index is 4.37. The summed E-state index contributed by atoms with van der Waals surface area (Å²) in [6.07, 6.45) is 48.9. The highest BCUT2D eigenvalue weighted by molar-refractivity contribution is 5.77. The number of rotatable bonds is 47. The molecule has 0 fully saturated rings. The molecule has 0 rings (SSSR count). The van der Waals surface area contributed by atoms with Crippen LogP contribution in [0.2, 0.25) is 0 Å². The van der Waals surface area contributed by atoms with Gasteiger partial charge < -0.3 is 20.3 Å². The molecular weight excluding hydrogens is 707 g/mol. The molecule has 0 saturated heterocycles. The Labute approximate surface area is 356 Å². The first-order valence-corrected chi connectivity index (χ1v) is 25.8. The zero-order valence-electron chi connectivity index (χ0n) is 38.8. The fourth-order valence-electron chi connectivity index (χ4n) is 8.26. The van der Waals surface area contributed by atoms with Crippen molar-refractivity contribution in [2.24, 2.45) is 0 Å². The van der Waals surface area contributed by atoms with Crippen LogP contribution in [0.5, 0.6) is 0 Å². The molecule has 6 nitrogen and oxygen atoms in total. The molecule has 6 heteroatoms. The van der Waals surface area contributed by atoms with Crippen LogP contribution in [0.4, 0.5) is 0 Å². The molecule has 3 unspecified atom stereocenters. The summed E-state index contributed by atoms with van der Waals surface area (Å²) >= 11 is 0. The molecule has 0 spiro atoms. The van der Waals surface area contributed by atoms with Gasteiger partial charge >= 0.3 is 5.97 Å². The van der Waals surface area contributed by atoms with Gasteiger partial charge in [0, 0.05) is 6.42 Å². The number of amides is 1. The van der Waals surface area contributed by atoms with Crippen molar-refractivity contribution < 1.29 is 24.5 Å². The molecule has 3 atom stereocenters. The van der Waals surface area contributed by atoms with E-state index < -0.39 is 18.2 Å². The zero-order valence-corrected chi connectivity index (χ0v) is 38.8. The van der Waals surface area contributed by atoms with Gasteiger partial charge in [-0.25, -0.2) is 0 Å². The Bertz CT molecular complexity index is 821. The highest BCUT2D eigenvalue weighted by Crippen LogP contribution is 2.19. The highest BCUT2D eigenvalue weighted by Gasteiger charge is 2.24. The maximum Gasteiger partial charge on any atom is 0.306 e. The van der Waals surface area contributed by atoms with Crippen LogP contribution < -0.4 is 5.32 Å². The van der Waals surface area contributed by atoms with Crippen molar-refractivity contribution in [1.29, 1.82) is 0 Å². The van der Waals surface area contributed by atoms with Crippen LogP contribution in [0.25, 0.3) is 0 Å². The van der Waals surface area contributed by atoms with E-state index in [9.17, 15) is 19.8 Å². The summed E-state index contributed by atoms with van der Waals surface area (Å²) in [7, 11) is 0. The van der Waals surface area contributed by atoms with Gasteiger partial charge in [0.2, 0.25) is 5.91 Å². The molecule has 0 aliphatic rings. The standard InChI is InChI=1S/C51H101NO5/c1-4-7-10-13-16-19-21-22-23-24-25-26-27-29-32-35-38-41-44-51(56)57-47(42-39-36-33-30-18-15-12-9-6-3)45-50(55)52-48(46-53)49(54)43-40-37-34-31-28-20-17-14-11-8-5-2/h47-49,53-54H,4-46H2,1-3H3,(H,52,55). The predicted octanol–water partition coefficient (Wildman–Crippen LogP) is 15.2. The predicted molar refractivity (Wildman–Crippen MR) is 246 cm³/mol. The van der Waals surface area contributed by atoms with Crippen molar-refractivity contribution in [3.05, 3.63) is 0 Å². The fourth-order valence-corrected chi connectivity index (χ4v) is 8.26. The van der Waals surface area contributed by atoms with Crippen molar-refractivity contribution in [2.75, 3.05) is 6.61 Å². The summed E-state index contributed by atoms with van der Waals surface area (Å²) in [5.41, 5.74) is 0. The van der Waals surface area contributed by atoms with Gasteiger partial charge in [-0.1, -0.05) is 252 Å². The number of hydrogen-bond acceptors (Lipinski definition) is 5. The van der Waals surface area contributed by atoms with Gasteiger partial charge in [-0.3, -0.25) is 9.59 Å². The minimum atomic E-state index is -0.777. The minimum absolute atomic E-state index is 0.0869. The molecule has 0 bridgehead atoms. The lowest BCUT2D eigenvalue weighted by Crippen LogP contribution is -2.46. The number of carbonyl (C=O) groups excluding carboxylic acids is 2. The molecule has 0 heterocycles. The van der Waals surface area contributed by atoms with E-state index in [2.05, 4.69) is 26.1 Å². The van der Waals surface area contributed by atoms with Crippen LogP contribution in [0, 0.1) is 0 Å². The number of carbonyl (C=O) groups is 2. The summed E-state index contributed by atoms with van der Waals surface area (Å²) in [5.74, 6) is -0.454. The third-order valence-corrected chi connectivity index (χ3v) is 12.2. The van der Waals surface area contributed by atoms with E-state index in [4.69, 9.17) is 4.74 Å². The second kappa shape index (κ2) is 45.9. The largest absolute Gasteiger partial charge is 0.462 e. The number of esters is 1. The van der Waals surface area contributed by atoms with Crippen LogP contribution >= 0.6 is 0 Å². The molecule has 57 heavy (non-hydrogen) atoms. The number of aliphatic hydroxyl groups excluding tert-OH is 2. The fraction of sp³-hybridized carbons (Fsp3) is 0.961. The van der Waals surface area contributed by atoms with Crippen LogP contribution in [0.1, 0.15) is 290 Å². The first kappa shape index (κ1) is 55.9. The average Bonchev–Trinajstić information content (AvgIpc) is 3.20. The first-order valence-electron chi connectivity index (χ1n) is 25.8. The average molecular weight is 808 g/mol. The molecule has 0 aromatic rings. The SMILES string of the molecule is CCCCCCCCCCCCCCCCCCCCC(=O)OC(CCCCCCCCCCC)CC(=O)NC(CO)C(O)CCCCCCCCCCCCC. The maximum atomic E-state index is 13.1. The number of hydrogen-bond donors (Lipinski definition) is 3. The topological polar surface area (TPSA) is 95.9 Å². The van der Waals surface area contributed by atoms with Gasteiger partial charge in [-0.2, -0.15) is 0 Å². The van der Waals surface area contributed by atoms with Gasteiger partial charge in [-0.05, 0) is 25.7 Å². The van der Waals surface area contributed by atoms with Crippen molar-refractivity contribution in [1.82, 2.24) is 5.32 Å². The molecule has 0 saturated carbocycles. The van der Waals surface area contributed by atoms with E-state index in [1.54, 1.807) is 0 Å². The third-order valence-electron chi connectivity index (χ3n) is 12.2. The van der Waals surface area contributed by atoms with Crippen LogP contribution in [0.3, 0.4) is 0 Å². The molecule has 0 aromatic carbocycles. The molecule has 1 amide bonds. The smallest absolute Gasteiger partial charge is 0.306 e. The Morgan fingerprint density at radius 2 is 0.737 bits per heavy atom. The molecular formula is C51H101NO5. The van der Waals surface area contributed by atoms with Gasteiger partial charge in [0.05, 0.1) is 25.2 Å². The normalized spacial score (nSPS) is 13.1. The lowest BCUT2D eigenvalue weighted by atomic mass is 10.0. The Hall–Kier alpha value is -1.14. The summed E-state index contributed by atoms with van der Waals surface area (Å²) in [4.78, 5) is 26.0. The van der Waals surface area contributed by atoms with E-state index >= 15 is 0 Å². The summed E-state index contributed by atoms with van der Waals surface area (Å²) < 4.78 is 5.92. The second-order valence-corrected chi connectivity index (χ2v) is 17.9. The van der Waals surface area contributed by atoms with E-state index in [1.807, 2.05) is 0 Å². The number of unbranched alkanes of at least 4 members (excludes halogenated alkanes) is 35. The lowest BCUT2D eigenvalue weighted by Gasteiger charge is -2.24. The molecule has 340 valence electrons. The Morgan fingerprint density at radius 3 is 1.07 bits per heavy atom. The minimum Gasteiger partial charge on any atom is -0.462 e. The molecule has 0 aromatic heterocycles. The van der Waals surface area contributed by atoms with Crippen molar-refractivity contribution >= 4 is 11.9 Å².